The van der Waals surface area contributed by atoms with E-state index in [-0.39, 0.29) is 18.8 Å². The quantitative estimate of drug-likeness (QED) is 0.420. The fourth-order valence-electron chi connectivity index (χ4n) is 4.07. The summed E-state index contributed by atoms with van der Waals surface area (Å²) in [4.78, 5) is 17.5. The standard InChI is InChI=1S/C25H28N2O3S.ClH/c28-24(29)4-2-15-27-14-1-3-22(27)18-30-23-11-7-20(8-12-23)17-19-5-9-21(10-6-19)25-26-13-16-31-25;/h5-13,16,22H,1-4,14-15,17-18H2,(H,28,29);1H. The Balaban J connectivity index is 0.00000289. The molecule has 1 N–H and O–H groups in total. The average molecular weight is 473 g/mol. The fourth-order valence-corrected chi connectivity index (χ4v) is 4.72. The number of rotatable bonds is 10. The summed E-state index contributed by atoms with van der Waals surface area (Å²) >= 11 is 1.65. The van der Waals surface area contributed by atoms with Crippen LogP contribution < -0.4 is 4.74 Å². The summed E-state index contributed by atoms with van der Waals surface area (Å²) in [6.07, 6.45) is 5.92. The first kappa shape index (κ1) is 24.2. The van der Waals surface area contributed by atoms with Gasteiger partial charge in [0.25, 0.3) is 0 Å². The maximum Gasteiger partial charge on any atom is 0.303 e. The number of thiazole rings is 1. The summed E-state index contributed by atoms with van der Waals surface area (Å²) in [7, 11) is 0. The van der Waals surface area contributed by atoms with Gasteiger partial charge in [-0.1, -0.05) is 36.4 Å². The van der Waals surface area contributed by atoms with E-state index in [9.17, 15) is 4.79 Å². The van der Waals surface area contributed by atoms with Gasteiger partial charge in [0.05, 0.1) is 0 Å². The molecule has 4 rings (SSSR count). The number of likely N-dealkylation sites (tertiary alicyclic amines) is 1. The van der Waals surface area contributed by atoms with Gasteiger partial charge in [-0.25, -0.2) is 4.98 Å². The van der Waals surface area contributed by atoms with Crippen LogP contribution in [0.1, 0.15) is 36.8 Å². The molecule has 1 aromatic heterocycles. The number of halogens is 1. The molecular weight excluding hydrogens is 444 g/mol. The van der Waals surface area contributed by atoms with Crippen molar-refractivity contribution < 1.29 is 14.6 Å². The largest absolute Gasteiger partial charge is 0.492 e. The van der Waals surface area contributed by atoms with E-state index in [4.69, 9.17) is 9.84 Å². The van der Waals surface area contributed by atoms with Crippen LogP contribution in [0.2, 0.25) is 0 Å². The molecule has 0 radical (unpaired) electrons. The minimum absolute atomic E-state index is 0. The lowest BCUT2D eigenvalue weighted by atomic mass is 10.0. The van der Waals surface area contributed by atoms with Crippen LogP contribution in [0.4, 0.5) is 0 Å². The number of hydrogen-bond acceptors (Lipinski definition) is 5. The number of carboxylic acid groups (broad SMARTS) is 1. The van der Waals surface area contributed by atoms with E-state index in [0.717, 1.165) is 48.7 Å². The van der Waals surface area contributed by atoms with Gasteiger partial charge in [-0.3, -0.25) is 9.69 Å². The average Bonchev–Trinajstić information content (AvgIpc) is 3.46. The van der Waals surface area contributed by atoms with Gasteiger partial charge in [0.15, 0.2) is 0 Å². The Morgan fingerprint density at radius 3 is 2.50 bits per heavy atom. The Morgan fingerprint density at radius 1 is 1.12 bits per heavy atom. The number of benzene rings is 2. The molecule has 170 valence electrons. The van der Waals surface area contributed by atoms with Crippen molar-refractivity contribution in [3.8, 4) is 16.3 Å². The second-order valence-corrected chi connectivity index (χ2v) is 8.89. The van der Waals surface area contributed by atoms with E-state index in [2.05, 4.69) is 46.3 Å². The lowest BCUT2D eigenvalue weighted by Crippen LogP contribution is -2.35. The van der Waals surface area contributed by atoms with Crippen molar-refractivity contribution >= 4 is 29.7 Å². The van der Waals surface area contributed by atoms with E-state index in [1.54, 1.807) is 11.3 Å². The van der Waals surface area contributed by atoms with E-state index < -0.39 is 5.97 Å². The Morgan fingerprint density at radius 2 is 1.84 bits per heavy atom. The molecule has 0 bridgehead atoms. The zero-order chi connectivity index (χ0) is 21.5. The van der Waals surface area contributed by atoms with E-state index >= 15 is 0 Å². The second-order valence-electron chi connectivity index (χ2n) is 8.00. The minimum atomic E-state index is -0.720. The molecule has 2 heterocycles. The smallest absolute Gasteiger partial charge is 0.303 e. The van der Waals surface area contributed by atoms with Crippen molar-refractivity contribution in [3.05, 3.63) is 71.2 Å². The second kappa shape index (κ2) is 12.0. The summed E-state index contributed by atoms with van der Waals surface area (Å²) in [6, 6.07) is 17.3. The molecule has 0 aliphatic carbocycles. The lowest BCUT2D eigenvalue weighted by Gasteiger charge is -2.24. The lowest BCUT2D eigenvalue weighted by molar-refractivity contribution is -0.137. The highest BCUT2D eigenvalue weighted by atomic mass is 35.5. The van der Waals surface area contributed by atoms with Gasteiger partial charge in [0, 0.05) is 29.6 Å². The van der Waals surface area contributed by atoms with Gasteiger partial charge in [0.1, 0.15) is 17.4 Å². The predicted octanol–water partition coefficient (Wildman–Crippen LogP) is 5.53. The van der Waals surface area contributed by atoms with Gasteiger partial charge >= 0.3 is 5.97 Å². The first-order valence-corrected chi connectivity index (χ1v) is 11.7. The van der Waals surface area contributed by atoms with E-state index in [1.807, 2.05) is 23.7 Å². The summed E-state index contributed by atoms with van der Waals surface area (Å²) in [5.41, 5.74) is 3.69. The van der Waals surface area contributed by atoms with Crippen LogP contribution in [0, 0.1) is 0 Å². The van der Waals surface area contributed by atoms with E-state index in [1.165, 1.54) is 11.1 Å². The summed E-state index contributed by atoms with van der Waals surface area (Å²) in [6.45, 7) is 2.53. The van der Waals surface area contributed by atoms with Crippen LogP contribution in [-0.4, -0.2) is 46.7 Å². The van der Waals surface area contributed by atoms with Crippen LogP contribution in [0.25, 0.3) is 10.6 Å². The minimum Gasteiger partial charge on any atom is -0.492 e. The highest BCUT2D eigenvalue weighted by Crippen LogP contribution is 2.24. The third kappa shape index (κ3) is 6.79. The van der Waals surface area contributed by atoms with Crippen molar-refractivity contribution in [1.29, 1.82) is 0 Å². The van der Waals surface area contributed by atoms with Gasteiger partial charge in [0.2, 0.25) is 0 Å². The molecule has 32 heavy (non-hydrogen) atoms. The van der Waals surface area contributed by atoms with Gasteiger partial charge in [-0.05, 0) is 62.0 Å². The van der Waals surface area contributed by atoms with Crippen molar-refractivity contribution in [2.75, 3.05) is 19.7 Å². The highest BCUT2D eigenvalue weighted by molar-refractivity contribution is 7.13. The molecule has 3 aromatic rings. The molecule has 0 amide bonds. The Hall–Kier alpha value is -2.41. The Labute approximate surface area is 199 Å². The molecule has 1 fully saturated rings. The topological polar surface area (TPSA) is 62.7 Å². The zero-order valence-corrected chi connectivity index (χ0v) is 19.6. The number of hydrogen-bond donors (Lipinski definition) is 1. The van der Waals surface area contributed by atoms with Crippen molar-refractivity contribution in [3.63, 3.8) is 0 Å². The van der Waals surface area contributed by atoms with Crippen LogP contribution in [-0.2, 0) is 11.2 Å². The molecule has 0 saturated carbocycles. The van der Waals surface area contributed by atoms with Crippen LogP contribution >= 0.6 is 23.7 Å². The first-order valence-electron chi connectivity index (χ1n) is 10.8. The van der Waals surface area contributed by atoms with Crippen molar-refractivity contribution in [2.45, 2.75) is 38.1 Å². The molecule has 7 heteroatoms. The summed E-state index contributed by atoms with van der Waals surface area (Å²) in [5.74, 6) is 0.169. The molecular formula is C25H29ClN2O3S. The maximum absolute atomic E-state index is 10.7. The molecule has 5 nitrogen and oxygen atoms in total. The number of aromatic nitrogens is 1. The molecule has 1 atom stereocenters. The van der Waals surface area contributed by atoms with Crippen molar-refractivity contribution in [2.24, 2.45) is 0 Å². The molecule has 1 unspecified atom stereocenters. The molecule has 2 aromatic carbocycles. The van der Waals surface area contributed by atoms with Gasteiger partial charge in [-0.15, -0.1) is 23.7 Å². The summed E-state index contributed by atoms with van der Waals surface area (Å²) in [5, 5.41) is 11.9. The van der Waals surface area contributed by atoms with Crippen LogP contribution in [0.5, 0.6) is 5.75 Å². The fraction of sp³-hybridized carbons (Fsp3) is 0.360. The van der Waals surface area contributed by atoms with Gasteiger partial charge < -0.3 is 9.84 Å². The number of carbonyl (C=O) groups is 1. The number of ether oxygens (including phenoxy) is 1. The predicted molar refractivity (Wildman–Crippen MR) is 131 cm³/mol. The molecule has 1 saturated heterocycles. The molecule has 1 aliphatic rings. The Kier molecular flexibility index (Phi) is 9.09. The molecule has 0 spiro atoms. The number of nitrogens with zero attached hydrogens (tertiary/aromatic N) is 2. The van der Waals surface area contributed by atoms with Crippen LogP contribution in [0.15, 0.2) is 60.1 Å². The first-order chi connectivity index (χ1) is 15.2. The highest BCUT2D eigenvalue weighted by Gasteiger charge is 2.24. The zero-order valence-electron chi connectivity index (χ0n) is 18.0. The normalized spacial score (nSPS) is 15.9. The maximum atomic E-state index is 10.7. The monoisotopic (exact) mass is 472 g/mol. The van der Waals surface area contributed by atoms with E-state index in [0.29, 0.717) is 19.1 Å². The number of carboxylic acids is 1. The van der Waals surface area contributed by atoms with Crippen molar-refractivity contribution in [1.82, 2.24) is 9.88 Å². The Bertz CT molecular complexity index is 962. The van der Waals surface area contributed by atoms with Crippen LogP contribution in [0.3, 0.4) is 0 Å². The molecule has 1 aliphatic heterocycles. The third-order valence-corrected chi connectivity index (χ3v) is 6.56. The summed E-state index contributed by atoms with van der Waals surface area (Å²) < 4.78 is 6.05. The third-order valence-electron chi connectivity index (χ3n) is 5.74. The number of aliphatic carboxylic acids is 1. The van der Waals surface area contributed by atoms with Gasteiger partial charge in [-0.2, -0.15) is 0 Å². The SMILES string of the molecule is Cl.O=C(O)CCCN1CCCC1COc1ccc(Cc2ccc(-c3nccs3)cc2)cc1.